The van der Waals surface area contributed by atoms with Gasteiger partial charge in [0.2, 0.25) is 0 Å². The zero-order valence-electron chi connectivity index (χ0n) is 17.2. The van der Waals surface area contributed by atoms with Crippen LogP contribution in [0.1, 0.15) is 16.1 Å². The molecule has 5 nitrogen and oxygen atoms in total. The Balaban J connectivity index is 1.27. The minimum Gasteiger partial charge on any atom is -0.451 e. The zero-order valence-corrected chi connectivity index (χ0v) is 18.8. The molecule has 5 aromatic rings. The summed E-state index contributed by atoms with van der Waals surface area (Å²) in [5.74, 6) is -0.498. The maximum absolute atomic E-state index is 12.5. The Morgan fingerprint density at radius 3 is 2.55 bits per heavy atom. The highest BCUT2D eigenvalue weighted by atomic mass is 35.5. The number of fused-ring (bicyclic) bond motifs is 1. The fourth-order valence-corrected chi connectivity index (χ4v) is 4.43. The quantitative estimate of drug-likeness (QED) is 0.332. The van der Waals surface area contributed by atoms with Crippen molar-refractivity contribution in [3.05, 3.63) is 111 Å². The molecule has 0 atom stereocenters. The third kappa shape index (κ3) is 4.58. The topological polar surface area (TPSA) is 72.2 Å². The Bertz CT molecular complexity index is 1510. The Kier molecular flexibility index (Phi) is 5.77. The average Bonchev–Trinajstić information content (AvgIpc) is 3.34. The predicted octanol–water partition coefficient (Wildman–Crippen LogP) is 6.17. The Morgan fingerprint density at radius 2 is 1.76 bits per heavy atom. The first-order chi connectivity index (χ1) is 16.1. The smallest absolute Gasteiger partial charge is 0.287 e. The van der Waals surface area contributed by atoms with Crippen LogP contribution in [-0.2, 0) is 6.54 Å². The summed E-state index contributed by atoms with van der Waals surface area (Å²) >= 11 is 7.53. The Labute approximate surface area is 198 Å². The maximum atomic E-state index is 12.5. The van der Waals surface area contributed by atoms with Crippen LogP contribution in [0.4, 0.5) is 0 Å². The molecule has 0 bridgehead atoms. The van der Waals surface area contributed by atoms with E-state index in [0.717, 1.165) is 27.4 Å². The van der Waals surface area contributed by atoms with Crippen molar-refractivity contribution in [2.24, 2.45) is 0 Å². The number of carbonyl (C=O) groups excluding carboxylic acids is 1. The van der Waals surface area contributed by atoms with Crippen molar-refractivity contribution in [3.63, 3.8) is 0 Å². The molecule has 1 N–H and O–H groups in total. The summed E-state index contributed by atoms with van der Waals surface area (Å²) in [6, 6.07) is 23.8. The highest BCUT2D eigenvalue weighted by Gasteiger charge is 2.13. The molecule has 162 valence electrons. The van der Waals surface area contributed by atoms with Crippen molar-refractivity contribution >= 4 is 39.8 Å². The molecule has 0 saturated carbocycles. The number of nitrogens with one attached hydrogen (secondary N) is 1. The monoisotopic (exact) mass is 472 g/mol. The van der Waals surface area contributed by atoms with Gasteiger partial charge in [0.25, 0.3) is 5.91 Å². The second-order valence-electron chi connectivity index (χ2n) is 7.40. The minimum atomic E-state index is -0.458. The van der Waals surface area contributed by atoms with Crippen LogP contribution in [0.15, 0.2) is 93.5 Å². The largest absolute Gasteiger partial charge is 0.451 e. The van der Waals surface area contributed by atoms with Crippen LogP contribution in [0.5, 0.6) is 0 Å². The first-order valence-corrected chi connectivity index (χ1v) is 11.4. The molecule has 33 heavy (non-hydrogen) atoms. The number of hydrogen-bond donors (Lipinski definition) is 1. The molecule has 0 fully saturated rings. The SMILES string of the molecule is O=C(NCc1ccc(-c2csc(-c3ccccc3)n2)cc1)c1cc(=O)c2cc(Cl)ccc2o1. The summed E-state index contributed by atoms with van der Waals surface area (Å²) in [7, 11) is 0. The van der Waals surface area contributed by atoms with Gasteiger partial charge < -0.3 is 9.73 Å². The van der Waals surface area contributed by atoms with Crippen molar-refractivity contribution in [2.45, 2.75) is 6.54 Å². The molecular weight excluding hydrogens is 456 g/mol. The van der Waals surface area contributed by atoms with Gasteiger partial charge in [-0.25, -0.2) is 4.98 Å². The van der Waals surface area contributed by atoms with Crippen LogP contribution in [-0.4, -0.2) is 10.9 Å². The predicted molar refractivity (Wildman–Crippen MR) is 132 cm³/mol. The van der Waals surface area contributed by atoms with Gasteiger partial charge in [-0.15, -0.1) is 11.3 Å². The number of carbonyl (C=O) groups is 1. The molecule has 7 heteroatoms. The summed E-state index contributed by atoms with van der Waals surface area (Å²) < 4.78 is 5.59. The van der Waals surface area contributed by atoms with Gasteiger partial charge in [-0.05, 0) is 23.8 Å². The van der Waals surface area contributed by atoms with E-state index in [4.69, 9.17) is 21.0 Å². The lowest BCUT2D eigenvalue weighted by atomic mass is 10.1. The summed E-state index contributed by atoms with van der Waals surface area (Å²) in [4.78, 5) is 29.6. The second kappa shape index (κ2) is 9.02. The highest BCUT2D eigenvalue weighted by Crippen LogP contribution is 2.28. The molecule has 0 unspecified atom stereocenters. The lowest BCUT2D eigenvalue weighted by molar-refractivity contribution is 0.0923. The summed E-state index contributed by atoms with van der Waals surface area (Å²) in [6.45, 7) is 0.299. The van der Waals surface area contributed by atoms with E-state index in [1.807, 2.05) is 60.0 Å². The van der Waals surface area contributed by atoms with E-state index in [9.17, 15) is 9.59 Å². The number of amides is 1. The fourth-order valence-electron chi connectivity index (χ4n) is 3.42. The maximum Gasteiger partial charge on any atom is 0.287 e. The molecule has 0 radical (unpaired) electrons. The molecule has 0 aliphatic rings. The minimum absolute atomic E-state index is 0.0395. The molecule has 5 rings (SSSR count). The zero-order chi connectivity index (χ0) is 22.8. The molecule has 2 aromatic heterocycles. The molecule has 3 aromatic carbocycles. The molecule has 0 aliphatic heterocycles. The van der Waals surface area contributed by atoms with Crippen LogP contribution in [0, 0.1) is 0 Å². The lowest BCUT2D eigenvalue weighted by Gasteiger charge is -2.06. The van der Waals surface area contributed by atoms with E-state index >= 15 is 0 Å². The van der Waals surface area contributed by atoms with Crippen LogP contribution >= 0.6 is 22.9 Å². The van der Waals surface area contributed by atoms with Gasteiger partial charge in [-0.2, -0.15) is 0 Å². The molecular formula is C26H17ClN2O3S. The third-order valence-corrected chi connectivity index (χ3v) is 6.27. The third-order valence-electron chi connectivity index (χ3n) is 5.14. The summed E-state index contributed by atoms with van der Waals surface area (Å²) in [5.41, 5.74) is 3.93. The van der Waals surface area contributed by atoms with Crippen molar-refractivity contribution < 1.29 is 9.21 Å². The molecule has 0 saturated heterocycles. The van der Waals surface area contributed by atoms with E-state index in [-0.39, 0.29) is 11.2 Å². The number of benzene rings is 3. The van der Waals surface area contributed by atoms with E-state index in [0.29, 0.717) is 22.5 Å². The Hall–Kier alpha value is -3.74. The first-order valence-electron chi connectivity index (χ1n) is 10.2. The Morgan fingerprint density at radius 1 is 0.970 bits per heavy atom. The molecule has 0 aliphatic carbocycles. The standard InChI is InChI=1S/C26H17ClN2O3S/c27-19-10-11-23-20(12-19)22(30)13-24(32-23)25(31)28-14-16-6-8-17(9-7-16)21-15-33-26(29-21)18-4-2-1-3-5-18/h1-13,15H,14H2,(H,28,31). The second-order valence-corrected chi connectivity index (χ2v) is 8.69. The lowest BCUT2D eigenvalue weighted by Crippen LogP contribution is -2.24. The van der Waals surface area contributed by atoms with Crippen LogP contribution < -0.4 is 10.7 Å². The summed E-state index contributed by atoms with van der Waals surface area (Å²) in [5, 5.41) is 6.58. The average molecular weight is 473 g/mol. The van der Waals surface area contributed by atoms with E-state index < -0.39 is 5.91 Å². The van der Waals surface area contributed by atoms with Gasteiger partial charge in [0.1, 0.15) is 10.6 Å². The number of hydrogen-bond acceptors (Lipinski definition) is 5. The number of rotatable bonds is 5. The normalized spacial score (nSPS) is 10.9. The highest BCUT2D eigenvalue weighted by molar-refractivity contribution is 7.13. The van der Waals surface area contributed by atoms with Gasteiger partial charge in [-0.3, -0.25) is 9.59 Å². The number of aromatic nitrogens is 1. The summed E-state index contributed by atoms with van der Waals surface area (Å²) in [6.07, 6.45) is 0. The van der Waals surface area contributed by atoms with Crippen molar-refractivity contribution in [1.29, 1.82) is 0 Å². The van der Waals surface area contributed by atoms with E-state index in [1.54, 1.807) is 23.5 Å². The number of halogens is 1. The van der Waals surface area contributed by atoms with E-state index in [1.165, 1.54) is 12.1 Å². The van der Waals surface area contributed by atoms with Crippen molar-refractivity contribution in [1.82, 2.24) is 10.3 Å². The van der Waals surface area contributed by atoms with Gasteiger partial charge in [0.15, 0.2) is 11.2 Å². The fraction of sp³-hybridized carbons (Fsp3) is 0.0385. The molecule has 2 heterocycles. The van der Waals surface area contributed by atoms with Gasteiger partial charge in [0, 0.05) is 34.1 Å². The van der Waals surface area contributed by atoms with Gasteiger partial charge in [-0.1, -0.05) is 66.2 Å². The van der Waals surface area contributed by atoms with Gasteiger partial charge in [0.05, 0.1) is 11.1 Å². The molecule has 1 amide bonds. The molecule has 0 spiro atoms. The van der Waals surface area contributed by atoms with Crippen LogP contribution in [0.25, 0.3) is 32.8 Å². The first kappa shape index (κ1) is 21.1. The van der Waals surface area contributed by atoms with Crippen LogP contribution in [0.2, 0.25) is 5.02 Å². The van der Waals surface area contributed by atoms with E-state index in [2.05, 4.69) is 5.32 Å². The number of nitrogens with zero attached hydrogens (tertiary/aromatic N) is 1. The van der Waals surface area contributed by atoms with Gasteiger partial charge >= 0.3 is 0 Å². The van der Waals surface area contributed by atoms with Crippen molar-refractivity contribution in [2.75, 3.05) is 0 Å². The van der Waals surface area contributed by atoms with Crippen molar-refractivity contribution in [3.8, 4) is 21.8 Å². The van der Waals surface area contributed by atoms with Crippen LogP contribution in [0.3, 0.4) is 0 Å². The number of thiazole rings is 1.